The first-order valence-corrected chi connectivity index (χ1v) is 7.10. The average molecular weight is 303 g/mol. The van der Waals surface area contributed by atoms with E-state index in [4.69, 9.17) is 11.0 Å². The fraction of sp³-hybridized carbons (Fsp3) is 0.250. The quantitative estimate of drug-likeness (QED) is 0.732. The molecule has 0 spiro atoms. The van der Waals surface area contributed by atoms with Crippen LogP contribution in [0, 0.1) is 11.3 Å². The van der Waals surface area contributed by atoms with Gasteiger partial charge >= 0.3 is 0 Å². The lowest BCUT2D eigenvalue weighted by Gasteiger charge is -2.05. The Kier molecular flexibility index (Phi) is 5.25. The first-order valence-electron chi connectivity index (χ1n) is 6.12. The summed E-state index contributed by atoms with van der Waals surface area (Å²) in [5, 5.41) is 23.1. The van der Waals surface area contributed by atoms with Gasteiger partial charge in [-0.1, -0.05) is 11.8 Å². The molecule has 0 aliphatic rings. The molecule has 1 aromatic carbocycles. The van der Waals surface area contributed by atoms with Gasteiger partial charge in [0.15, 0.2) is 0 Å². The molecule has 0 aliphatic carbocycles. The minimum atomic E-state index is -0.174. The molecule has 2 aromatic rings. The monoisotopic (exact) mass is 303 g/mol. The van der Waals surface area contributed by atoms with Crippen LogP contribution < -0.4 is 11.1 Å². The second-order valence-corrected chi connectivity index (χ2v) is 4.94. The first kappa shape index (κ1) is 15.0. The molecule has 0 aliphatic heterocycles. The summed E-state index contributed by atoms with van der Waals surface area (Å²) >= 11 is 1.24. The number of nitriles is 1. The van der Waals surface area contributed by atoms with Crippen LogP contribution in [-0.2, 0) is 11.3 Å². The van der Waals surface area contributed by atoms with E-state index in [-0.39, 0.29) is 11.7 Å². The van der Waals surface area contributed by atoms with Gasteiger partial charge in [0.1, 0.15) is 0 Å². The molecule has 9 heteroatoms. The highest BCUT2D eigenvalue weighted by molar-refractivity contribution is 7.99. The molecule has 108 valence electrons. The molecule has 0 saturated carbocycles. The lowest BCUT2D eigenvalue weighted by molar-refractivity contribution is -0.113. The Morgan fingerprint density at radius 3 is 2.86 bits per heavy atom. The number of nitrogens with zero attached hydrogens (tertiary/aromatic N) is 5. The molecule has 0 radical (unpaired) electrons. The highest BCUT2D eigenvalue weighted by Crippen LogP contribution is 2.14. The maximum atomic E-state index is 11.8. The topological polar surface area (TPSA) is 123 Å². The van der Waals surface area contributed by atoms with E-state index in [1.54, 1.807) is 28.9 Å². The number of hydrogen-bond acceptors (Lipinski definition) is 7. The molecule has 2 rings (SSSR count). The molecule has 0 fully saturated rings. The number of nitrogens with two attached hydrogens (primary N) is 1. The van der Waals surface area contributed by atoms with Crippen molar-refractivity contribution in [1.29, 1.82) is 5.26 Å². The zero-order chi connectivity index (χ0) is 15.1. The van der Waals surface area contributed by atoms with Crippen LogP contribution in [0.25, 0.3) is 0 Å². The van der Waals surface area contributed by atoms with Gasteiger partial charge in [0.2, 0.25) is 11.1 Å². The van der Waals surface area contributed by atoms with E-state index < -0.39 is 0 Å². The van der Waals surface area contributed by atoms with Gasteiger partial charge < -0.3 is 11.1 Å². The fourth-order valence-corrected chi connectivity index (χ4v) is 2.22. The van der Waals surface area contributed by atoms with Crippen LogP contribution in [0.2, 0.25) is 0 Å². The fourth-order valence-electron chi connectivity index (χ4n) is 1.52. The molecule has 0 unspecified atom stereocenters. The minimum absolute atomic E-state index is 0.174. The summed E-state index contributed by atoms with van der Waals surface area (Å²) in [6.07, 6.45) is 0. The highest BCUT2D eigenvalue weighted by atomic mass is 32.2. The summed E-state index contributed by atoms with van der Waals surface area (Å²) in [6.45, 7) is 0.933. The van der Waals surface area contributed by atoms with Crippen LogP contribution in [0.3, 0.4) is 0 Å². The molecule has 1 aromatic heterocycles. The number of amides is 1. The van der Waals surface area contributed by atoms with Crippen molar-refractivity contribution in [3.05, 3.63) is 29.8 Å². The third kappa shape index (κ3) is 4.27. The zero-order valence-corrected chi connectivity index (χ0v) is 11.9. The molecule has 1 heterocycles. The molecule has 0 atom stereocenters. The summed E-state index contributed by atoms with van der Waals surface area (Å²) in [5.74, 6) is 0.0114. The van der Waals surface area contributed by atoms with E-state index in [1.165, 1.54) is 11.8 Å². The number of rotatable bonds is 6. The second-order valence-electron chi connectivity index (χ2n) is 4.00. The van der Waals surface area contributed by atoms with Crippen LogP contribution in [-0.4, -0.2) is 38.4 Å². The van der Waals surface area contributed by atoms with Crippen LogP contribution >= 0.6 is 11.8 Å². The van der Waals surface area contributed by atoms with E-state index in [9.17, 15) is 4.79 Å². The van der Waals surface area contributed by atoms with Gasteiger partial charge in [0, 0.05) is 12.2 Å². The third-order valence-corrected chi connectivity index (χ3v) is 3.43. The standard InChI is InChI=1S/C12H13N7OS/c13-5-6-19-12(16-17-18-19)21-8-11(20)15-10-3-1-9(7-14)2-4-10/h1-4H,5-6,8,13H2,(H,15,20). The summed E-state index contributed by atoms with van der Waals surface area (Å²) in [5.41, 5.74) is 6.63. The Balaban J connectivity index is 1.87. The predicted molar refractivity (Wildman–Crippen MR) is 77.4 cm³/mol. The van der Waals surface area contributed by atoms with Gasteiger partial charge in [-0.25, -0.2) is 4.68 Å². The number of carbonyl (C=O) groups excluding carboxylic acids is 1. The predicted octanol–water partition coefficient (Wildman–Crippen LogP) is 0.234. The Bertz CT molecular complexity index is 646. The van der Waals surface area contributed by atoms with Gasteiger partial charge in [-0.2, -0.15) is 5.26 Å². The summed E-state index contributed by atoms with van der Waals surface area (Å²) < 4.78 is 1.56. The van der Waals surface area contributed by atoms with Gasteiger partial charge in [-0.3, -0.25) is 4.79 Å². The van der Waals surface area contributed by atoms with E-state index in [0.717, 1.165) is 0 Å². The van der Waals surface area contributed by atoms with Crippen molar-refractivity contribution in [3.8, 4) is 6.07 Å². The largest absolute Gasteiger partial charge is 0.329 e. The molecule has 0 bridgehead atoms. The Morgan fingerprint density at radius 2 is 2.19 bits per heavy atom. The zero-order valence-electron chi connectivity index (χ0n) is 11.1. The van der Waals surface area contributed by atoms with Crippen molar-refractivity contribution >= 4 is 23.4 Å². The van der Waals surface area contributed by atoms with Crippen molar-refractivity contribution in [2.24, 2.45) is 5.73 Å². The van der Waals surface area contributed by atoms with Crippen molar-refractivity contribution in [2.75, 3.05) is 17.6 Å². The maximum absolute atomic E-state index is 11.8. The average Bonchev–Trinajstić information content (AvgIpc) is 2.94. The van der Waals surface area contributed by atoms with Gasteiger partial charge in [-0.15, -0.1) is 5.10 Å². The summed E-state index contributed by atoms with van der Waals surface area (Å²) in [4.78, 5) is 11.8. The highest BCUT2D eigenvalue weighted by Gasteiger charge is 2.09. The van der Waals surface area contributed by atoms with E-state index in [1.807, 2.05) is 6.07 Å². The number of benzene rings is 1. The number of tetrazole rings is 1. The van der Waals surface area contributed by atoms with Crippen molar-refractivity contribution in [3.63, 3.8) is 0 Å². The van der Waals surface area contributed by atoms with Crippen LogP contribution in [0.5, 0.6) is 0 Å². The van der Waals surface area contributed by atoms with Crippen molar-refractivity contribution in [2.45, 2.75) is 11.7 Å². The number of thioether (sulfide) groups is 1. The van der Waals surface area contributed by atoms with Crippen LogP contribution in [0.1, 0.15) is 5.56 Å². The molecule has 0 saturated heterocycles. The lowest BCUT2D eigenvalue weighted by atomic mass is 10.2. The molecule has 1 amide bonds. The molecule has 3 N–H and O–H groups in total. The molecule has 21 heavy (non-hydrogen) atoms. The number of anilines is 1. The van der Waals surface area contributed by atoms with Crippen molar-refractivity contribution < 1.29 is 4.79 Å². The van der Waals surface area contributed by atoms with E-state index >= 15 is 0 Å². The first-order chi connectivity index (χ1) is 10.2. The van der Waals surface area contributed by atoms with E-state index in [2.05, 4.69) is 20.8 Å². The Hall–Kier alpha value is -2.44. The van der Waals surface area contributed by atoms with Gasteiger partial charge in [0.05, 0.1) is 23.9 Å². The maximum Gasteiger partial charge on any atom is 0.234 e. The van der Waals surface area contributed by atoms with Gasteiger partial charge in [-0.05, 0) is 34.7 Å². The molecular formula is C12H13N7OS. The molecular weight excluding hydrogens is 290 g/mol. The SMILES string of the molecule is N#Cc1ccc(NC(=O)CSc2nnnn2CCN)cc1. The smallest absolute Gasteiger partial charge is 0.234 e. The third-order valence-electron chi connectivity index (χ3n) is 2.47. The van der Waals surface area contributed by atoms with E-state index in [0.29, 0.717) is 29.5 Å². The number of carbonyl (C=O) groups is 1. The normalized spacial score (nSPS) is 10.1. The number of aromatic nitrogens is 4. The van der Waals surface area contributed by atoms with Gasteiger partial charge in [0.25, 0.3) is 0 Å². The Labute approximate surface area is 125 Å². The number of nitrogens with one attached hydrogen (secondary N) is 1. The minimum Gasteiger partial charge on any atom is -0.329 e. The van der Waals surface area contributed by atoms with Crippen LogP contribution in [0.15, 0.2) is 29.4 Å². The summed E-state index contributed by atoms with van der Waals surface area (Å²) in [7, 11) is 0. The second kappa shape index (κ2) is 7.37. The van der Waals surface area contributed by atoms with Crippen LogP contribution in [0.4, 0.5) is 5.69 Å². The summed E-state index contributed by atoms with van der Waals surface area (Å²) in [6, 6.07) is 8.66. The molecule has 8 nitrogen and oxygen atoms in total. The lowest BCUT2D eigenvalue weighted by Crippen LogP contribution is -2.16. The number of hydrogen-bond donors (Lipinski definition) is 2. The van der Waals surface area contributed by atoms with Crippen molar-refractivity contribution in [1.82, 2.24) is 20.2 Å². The Morgan fingerprint density at radius 1 is 1.43 bits per heavy atom.